The van der Waals surface area contributed by atoms with Crippen LogP contribution in [0.1, 0.15) is 0 Å². The summed E-state index contributed by atoms with van der Waals surface area (Å²) in [6.45, 7) is 7.59. The summed E-state index contributed by atoms with van der Waals surface area (Å²) in [6, 6.07) is 51.0. The molecule has 3 nitrogen and oxygen atoms in total. The van der Waals surface area contributed by atoms with Crippen molar-refractivity contribution >= 4 is 115 Å². The molecule has 11 rings (SSSR count). The maximum atomic E-state index is 7.59. The number of nitrogens with zero attached hydrogens (tertiary/aromatic N) is 3. The van der Waals surface area contributed by atoms with Crippen LogP contribution in [0.5, 0.6) is 0 Å². The first kappa shape index (κ1) is 26.4. The Morgan fingerprint density at radius 3 is 1.83 bits per heavy atom. The standard InChI is InChI=1S/C43H23N3SSe/c1-44-25-14-19-38-33(22-25)29-9-3-5-11-36(29)45(38)26-15-20-40-34(23-26)35-24-27(16-21-41(35)48-40)46-37-12-6-2-8-28(37)31-17-18-32-30-10-4-7-13-39(30)47-43(32)42(31)46/h2-24H. The van der Waals surface area contributed by atoms with Crippen LogP contribution in [0.25, 0.3) is 99.3 Å². The van der Waals surface area contributed by atoms with Crippen LogP contribution in [0.2, 0.25) is 0 Å². The maximum absolute atomic E-state index is 7.59. The van der Waals surface area contributed by atoms with E-state index < -0.39 is 0 Å². The van der Waals surface area contributed by atoms with Gasteiger partial charge in [-0.3, -0.25) is 0 Å². The van der Waals surface area contributed by atoms with Crippen molar-refractivity contribution in [1.29, 1.82) is 0 Å². The van der Waals surface area contributed by atoms with Crippen molar-refractivity contribution < 1.29 is 0 Å². The van der Waals surface area contributed by atoms with Crippen molar-refractivity contribution in [2.75, 3.05) is 0 Å². The quantitative estimate of drug-likeness (QED) is 0.126. The van der Waals surface area contributed by atoms with E-state index in [4.69, 9.17) is 6.57 Å². The van der Waals surface area contributed by atoms with Crippen molar-refractivity contribution in [3.05, 3.63) is 151 Å². The van der Waals surface area contributed by atoms with Gasteiger partial charge in [-0.2, -0.15) is 0 Å². The predicted octanol–water partition coefficient (Wildman–Crippen LogP) is 12.2. The average Bonchev–Trinajstić information content (AvgIpc) is 3.88. The van der Waals surface area contributed by atoms with Gasteiger partial charge in [-0.25, -0.2) is 0 Å². The van der Waals surface area contributed by atoms with E-state index in [1.165, 1.54) is 72.3 Å². The number of benzene rings is 7. The van der Waals surface area contributed by atoms with Crippen LogP contribution in [0.15, 0.2) is 140 Å². The molecule has 0 bridgehead atoms. The first-order valence-electron chi connectivity index (χ1n) is 16.0. The number of hydrogen-bond acceptors (Lipinski definition) is 1. The Bertz CT molecular complexity index is 3200. The van der Waals surface area contributed by atoms with E-state index in [0.717, 1.165) is 22.1 Å². The van der Waals surface area contributed by atoms with Crippen molar-refractivity contribution in [1.82, 2.24) is 9.13 Å². The molecule has 222 valence electrons. The Kier molecular flexibility index (Phi) is 5.34. The molecule has 0 aliphatic rings. The topological polar surface area (TPSA) is 14.2 Å². The van der Waals surface area contributed by atoms with Gasteiger partial charge in [-0.05, 0) is 0 Å². The number of hydrogen-bond donors (Lipinski definition) is 0. The monoisotopic (exact) mass is 693 g/mol. The zero-order valence-electron chi connectivity index (χ0n) is 25.4. The molecule has 0 saturated carbocycles. The van der Waals surface area contributed by atoms with Crippen LogP contribution in [0.3, 0.4) is 0 Å². The SMILES string of the molecule is [C-]#[N+]c1ccc2c(c1)c1ccccc1n2-c1ccc2[se]c3ccc(-n4c5ccccc5c5ccc6c7ccccc7sc6c54)cc3c2c1. The zero-order chi connectivity index (χ0) is 31.5. The van der Waals surface area contributed by atoms with Crippen LogP contribution in [-0.2, 0) is 0 Å². The van der Waals surface area contributed by atoms with Crippen molar-refractivity contribution in [2.45, 2.75) is 0 Å². The molecule has 0 spiro atoms. The second kappa shape index (κ2) is 9.70. The molecule has 48 heavy (non-hydrogen) atoms. The van der Waals surface area contributed by atoms with E-state index in [1.807, 2.05) is 23.5 Å². The van der Waals surface area contributed by atoms with Gasteiger partial charge in [0.05, 0.1) is 0 Å². The molecule has 4 heterocycles. The van der Waals surface area contributed by atoms with Gasteiger partial charge in [0.2, 0.25) is 0 Å². The van der Waals surface area contributed by atoms with E-state index in [-0.39, 0.29) is 14.5 Å². The number of para-hydroxylation sites is 2. The van der Waals surface area contributed by atoms with E-state index in [9.17, 15) is 0 Å². The fourth-order valence-corrected chi connectivity index (χ4v) is 11.3. The molecule has 0 unspecified atom stereocenters. The van der Waals surface area contributed by atoms with Gasteiger partial charge in [0.15, 0.2) is 0 Å². The molecule has 0 radical (unpaired) electrons. The average molecular weight is 693 g/mol. The Morgan fingerprint density at radius 1 is 0.479 bits per heavy atom. The van der Waals surface area contributed by atoms with Crippen LogP contribution in [0.4, 0.5) is 5.69 Å². The first-order chi connectivity index (χ1) is 23.7. The first-order valence-corrected chi connectivity index (χ1v) is 18.5. The molecule has 0 saturated heterocycles. The van der Waals surface area contributed by atoms with Gasteiger partial charge in [0.1, 0.15) is 0 Å². The van der Waals surface area contributed by atoms with Crippen molar-refractivity contribution in [2.24, 2.45) is 0 Å². The van der Waals surface area contributed by atoms with Crippen molar-refractivity contribution in [3.63, 3.8) is 0 Å². The summed E-state index contributed by atoms with van der Waals surface area (Å²) in [5.41, 5.74) is 7.82. The van der Waals surface area contributed by atoms with Crippen LogP contribution in [-0.4, -0.2) is 23.6 Å². The Hall–Kier alpha value is -5.63. The summed E-state index contributed by atoms with van der Waals surface area (Å²) in [7, 11) is 0. The molecular formula is C43H23N3SSe. The predicted molar refractivity (Wildman–Crippen MR) is 206 cm³/mol. The van der Waals surface area contributed by atoms with Gasteiger partial charge >= 0.3 is 286 Å². The van der Waals surface area contributed by atoms with E-state index in [1.54, 1.807) is 0 Å². The van der Waals surface area contributed by atoms with Crippen LogP contribution < -0.4 is 0 Å². The van der Waals surface area contributed by atoms with Crippen LogP contribution in [0, 0.1) is 6.57 Å². The minimum absolute atomic E-state index is 0.243. The third kappa shape index (κ3) is 3.52. The van der Waals surface area contributed by atoms with Gasteiger partial charge in [0.25, 0.3) is 0 Å². The zero-order valence-corrected chi connectivity index (χ0v) is 28.0. The third-order valence-electron chi connectivity index (χ3n) is 9.92. The third-order valence-corrected chi connectivity index (χ3v) is 13.5. The second-order valence-corrected chi connectivity index (χ2v) is 15.7. The summed E-state index contributed by atoms with van der Waals surface area (Å²) in [6.07, 6.45) is 0. The summed E-state index contributed by atoms with van der Waals surface area (Å²) < 4.78 is 10.4. The Morgan fingerprint density at radius 2 is 1.08 bits per heavy atom. The number of thiophene rings is 1. The van der Waals surface area contributed by atoms with E-state index in [0.29, 0.717) is 5.69 Å². The second-order valence-electron chi connectivity index (χ2n) is 12.4. The van der Waals surface area contributed by atoms with Crippen LogP contribution >= 0.6 is 11.3 Å². The molecule has 0 aliphatic carbocycles. The van der Waals surface area contributed by atoms with E-state index in [2.05, 4.69) is 141 Å². The summed E-state index contributed by atoms with van der Waals surface area (Å²) in [5.74, 6) is 0. The van der Waals surface area contributed by atoms with Crippen molar-refractivity contribution in [3.8, 4) is 11.4 Å². The summed E-state index contributed by atoms with van der Waals surface area (Å²) >= 11 is 2.14. The summed E-state index contributed by atoms with van der Waals surface area (Å²) in [5, 5.41) is 10.2. The van der Waals surface area contributed by atoms with Gasteiger partial charge < -0.3 is 0 Å². The molecule has 0 amide bonds. The fraction of sp³-hybridized carbons (Fsp3) is 0. The molecule has 4 aromatic heterocycles. The molecule has 0 fully saturated rings. The Labute approximate surface area is 284 Å². The van der Waals surface area contributed by atoms with E-state index >= 15 is 0 Å². The molecule has 0 N–H and O–H groups in total. The molecule has 0 atom stereocenters. The summed E-state index contributed by atoms with van der Waals surface area (Å²) in [4.78, 5) is 3.72. The molecule has 11 aromatic rings. The minimum atomic E-state index is 0.243. The number of aromatic nitrogens is 2. The van der Waals surface area contributed by atoms with Gasteiger partial charge in [-0.1, -0.05) is 0 Å². The molecule has 7 aromatic carbocycles. The molecule has 0 aliphatic heterocycles. The fourth-order valence-electron chi connectivity index (χ4n) is 7.84. The Balaban J connectivity index is 1.19. The van der Waals surface area contributed by atoms with Gasteiger partial charge in [0, 0.05) is 0 Å². The number of fused-ring (bicyclic) bond motifs is 13. The number of rotatable bonds is 2. The molecular weight excluding hydrogens is 670 g/mol. The van der Waals surface area contributed by atoms with Gasteiger partial charge in [-0.15, -0.1) is 0 Å². The molecule has 5 heteroatoms. The normalized spacial score (nSPS) is 12.1.